The highest BCUT2D eigenvalue weighted by Gasteiger charge is 2.30. The van der Waals surface area contributed by atoms with Crippen molar-refractivity contribution in [3.8, 4) is 0 Å². The van der Waals surface area contributed by atoms with Gasteiger partial charge in [-0.05, 0) is 37.1 Å². The van der Waals surface area contributed by atoms with Gasteiger partial charge in [-0.3, -0.25) is 4.57 Å². The molecule has 0 spiro atoms. The molecule has 0 unspecified atom stereocenters. The molecular weight excluding hydrogens is 470 g/mol. The zero-order chi connectivity index (χ0) is 24.0. The van der Waals surface area contributed by atoms with Gasteiger partial charge >= 0.3 is 5.76 Å². The number of hydrogen-bond donors (Lipinski definition) is 0. The first-order chi connectivity index (χ1) is 17.0. The Hall–Kier alpha value is -3.44. The molecule has 182 valence electrons. The molecule has 2 aromatic heterocycles. The number of piperazine rings is 1. The Kier molecular flexibility index (Phi) is 5.45. The molecule has 1 saturated carbocycles. The largest absolute Gasteiger partial charge is 0.420 e. The maximum absolute atomic E-state index is 13.3. The molecule has 0 radical (unpaired) electrons. The van der Waals surface area contributed by atoms with E-state index in [1.165, 1.54) is 21.0 Å². The van der Waals surface area contributed by atoms with E-state index in [0.717, 1.165) is 24.9 Å². The van der Waals surface area contributed by atoms with Gasteiger partial charge in [0, 0.05) is 43.9 Å². The SMILES string of the molecule is O=c1oc2cc(S(=O)(=O)N3CCN(c4ccccc4)CC3)ccc2n1Cc1noc(C2CCC2)n1. The van der Waals surface area contributed by atoms with Crippen LogP contribution in [-0.4, -0.2) is 53.6 Å². The Morgan fingerprint density at radius 2 is 1.77 bits per heavy atom. The van der Waals surface area contributed by atoms with E-state index in [4.69, 9.17) is 8.94 Å². The molecule has 0 atom stereocenters. The highest BCUT2D eigenvalue weighted by atomic mass is 32.2. The molecule has 1 aliphatic carbocycles. The van der Waals surface area contributed by atoms with Gasteiger partial charge in [0.1, 0.15) is 0 Å². The number of para-hydroxylation sites is 1. The third-order valence-electron chi connectivity index (χ3n) is 6.88. The number of nitrogens with zero attached hydrogens (tertiary/aromatic N) is 5. The topological polar surface area (TPSA) is 115 Å². The molecule has 4 aromatic rings. The van der Waals surface area contributed by atoms with Gasteiger partial charge in [-0.15, -0.1) is 0 Å². The summed E-state index contributed by atoms with van der Waals surface area (Å²) in [5.74, 6) is 0.704. The number of rotatable bonds is 6. The number of anilines is 1. The summed E-state index contributed by atoms with van der Waals surface area (Å²) < 4.78 is 40.2. The van der Waals surface area contributed by atoms with E-state index in [1.807, 2.05) is 30.3 Å². The van der Waals surface area contributed by atoms with E-state index in [0.29, 0.717) is 49.3 Å². The Morgan fingerprint density at radius 1 is 1.00 bits per heavy atom. The third-order valence-corrected chi connectivity index (χ3v) is 8.77. The molecule has 2 fully saturated rings. The van der Waals surface area contributed by atoms with Crippen LogP contribution in [0.15, 0.2) is 67.2 Å². The fraction of sp³-hybridized carbons (Fsp3) is 0.375. The van der Waals surface area contributed by atoms with Crippen molar-refractivity contribution in [2.75, 3.05) is 31.1 Å². The van der Waals surface area contributed by atoms with Crippen LogP contribution in [0.1, 0.15) is 36.9 Å². The van der Waals surface area contributed by atoms with Gasteiger partial charge in [-0.2, -0.15) is 9.29 Å². The highest BCUT2D eigenvalue weighted by molar-refractivity contribution is 7.89. The quantitative estimate of drug-likeness (QED) is 0.401. The second kappa shape index (κ2) is 8.65. The number of benzene rings is 2. The fourth-order valence-electron chi connectivity index (χ4n) is 4.63. The zero-order valence-electron chi connectivity index (χ0n) is 19.0. The summed E-state index contributed by atoms with van der Waals surface area (Å²) in [5.41, 5.74) is 1.77. The van der Waals surface area contributed by atoms with E-state index >= 15 is 0 Å². The standard InChI is InChI=1S/C24H25N5O5S/c30-24-29(16-22-25-23(34-26-22)17-5-4-6-17)20-10-9-19(15-21(20)33-24)35(31,32)28-13-11-27(12-14-28)18-7-2-1-3-8-18/h1-3,7-10,15,17H,4-6,11-14,16H2. The number of aromatic nitrogens is 3. The van der Waals surface area contributed by atoms with E-state index < -0.39 is 15.8 Å². The molecule has 1 saturated heterocycles. The molecule has 2 aromatic carbocycles. The number of hydrogen-bond acceptors (Lipinski definition) is 8. The average molecular weight is 496 g/mol. The van der Waals surface area contributed by atoms with Gasteiger partial charge in [-0.1, -0.05) is 29.8 Å². The molecule has 2 aliphatic rings. The van der Waals surface area contributed by atoms with E-state index in [1.54, 1.807) is 6.07 Å². The van der Waals surface area contributed by atoms with Gasteiger partial charge in [-0.25, -0.2) is 13.2 Å². The highest BCUT2D eigenvalue weighted by Crippen LogP contribution is 2.35. The smallest absolute Gasteiger partial charge is 0.408 e. The van der Waals surface area contributed by atoms with Crippen LogP contribution in [-0.2, 0) is 16.6 Å². The predicted molar refractivity (Wildman–Crippen MR) is 128 cm³/mol. The molecule has 0 bridgehead atoms. The van der Waals surface area contributed by atoms with Crippen LogP contribution in [0.5, 0.6) is 0 Å². The number of oxazole rings is 1. The monoisotopic (exact) mass is 495 g/mol. The lowest BCUT2D eigenvalue weighted by molar-refractivity contribution is 0.291. The molecule has 35 heavy (non-hydrogen) atoms. The summed E-state index contributed by atoms with van der Waals surface area (Å²) in [6, 6.07) is 14.5. The summed E-state index contributed by atoms with van der Waals surface area (Å²) in [7, 11) is -3.73. The summed E-state index contributed by atoms with van der Waals surface area (Å²) >= 11 is 0. The van der Waals surface area contributed by atoms with Crippen LogP contribution >= 0.6 is 0 Å². The summed E-state index contributed by atoms with van der Waals surface area (Å²) in [4.78, 5) is 19.2. The first-order valence-corrected chi connectivity index (χ1v) is 13.2. The molecule has 6 rings (SSSR count). The van der Waals surface area contributed by atoms with Crippen LogP contribution in [0.4, 0.5) is 5.69 Å². The zero-order valence-corrected chi connectivity index (χ0v) is 19.9. The average Bonchev–Trinajstić information content (AvgIpc) is 3.42. The molecule has 0 N–H and O–H groups in total. The van der Waals surface area contributed by atoms with Crippen molar-refractivity contribution in [2.45, 2.75) is 36.6 Å². The van der Waals surface area contributed by atoms with Crippen molar-refractivity contribution in [3.05, 3.63) is 70.8 Å². The maximum Gasteiger partial charge on any atom is 0.420 e. The van der Waals surface area contributed by atoms with Gasteiger partial charge in [0.25, 0.3) is 0 Å². The van der Waals surface area contributed by atoms with Crippen LogP contribution in [0.2, 0.25) is 0 Å². The molecule has 1 aliphatic heterocycles. The first kappa shape index (κ1) is 22.1. The molecule has 3 heterocycles. The van der Waals surface area contributed by atoms with Crippen molar-refractivity contribution in [2.24, 2.45) is 0 Å². The van der Waals surface area contributed by atoms with Gasteiger partial charge in [0.05, 0.1) is 17.0 Å². The van der Waals surface area contributed by atoms with Crippen LogP contribution in [0, 0.1) is 0 Å². The lowest BCUT2D eigenvalue weighted by Crippen LogP contribution is -2.48. The Bertz CT molecular complexity index is 1510. The minimum absolute atomic E-state index is 0.0929. The van der Waals surface area contributed by atoms with Crippen molar-refractivity contribution >= 4 is 26.8 Å². The number of fused-ring (bicyclic) bond motifs is 1. The minimum Gasteiger partial charge on any atom is -0.408 e. The molecule has 0 amide bonds. The van der Waals surface area contributed by atoms with Gasteiger partial charge in [0.15, 0.2) is 11.4 Å². The second-order valence-corrected chi connectivity index (χ2v) is 10.9. The van der Waals surface area contributed by atoms with E-state index in [-0.39, 0.29) is 17.0 Å². The van der Waals surface area contributed by atoms with Crippen molar-refractivity contribution in [1.29, 1.82) is 0 Å². The van der Waals surface area contributed by atoms with Crippen molar-refractivity contribution in [3.63, 3.8) is 0 Å². The van der Waals surface area contributed by atoms with E-state index in [2.05, 4.69) is 15.0 Å². The maximum atomic E-state index is 13.3. The fourth-order valence-corrected chi connectivity index (χ4v) is 6.06. The molecular formula is C24H25N5O5S. The van der Waals surface area contributed by atoms with Crippen LogP contribution < -0.4 is 10.7 Å². The normalized spacial score (nSPS) is 17.7. The lowest BCUT2D eigenvalue weighted by Gasteiger charge is -2.35. The predicted octanol–water partition coefficient (Wildman–Crippen LogP) is 2.80. The van der Waals surface area contributed by atoms with Crippen LogP contribution in [0.25, 0.3) is 11.1 Å². The Balaban J connectivity index is 1.21. The van der Waals surface area contributed by atoms with Crippen molar-refractivity contribution in [1.82, 2.24) is 19.0 Å². The first-order valence-electron chi connectivity index (χ1n) is 11.7. The van der Waals surface area contributed by atoms with Crippen molar-refractivity contribution < 1.29 is 17.4 Å². The summed E-state index contributed by atoms with van der Waals surface area (Å²) in [6.45, 7) is 2.05. The summed E-state index contributed by atoms with van der Waals surface area (Å²) in [5, 5.41) is 3.99. The minimum atomic E-state index is -3.73. The molecule has 10 nitrogen and oxygen atoms in total. The third kappa shape index (κ3) is 4.04. The Morgan fingerprint density at radius 3 is 2.49 bits per heavy atom. The van der Waals surface area contributed by atoms with Crippen LogP contribution in [0.3, 0.4) is 0 Å². The van der Waals surface area contributed by atoms with Gasteiger partial charge in [0.2, 0.25) is 15.9 Å². The number of sulfonamides is 1. The van der Waals surface area contributed by atoms with E-state index in [9.17, 15) is 13.2 Å². The lowest BCUT2D eigenvalue weighted by atomic mass is 9.85. The van der Waals surface area contributed by atoms with Gasteiger partial charge < -0.3 is 13.8 Å². The Labute approximate surface area is 201 Å². The molecule has 11 heteroatoms. The second-order valence-electron chi connectivity index (χ2n) is 8.99. The summed E-state index contributed by atoms with van der Waals surface area (Å²) in [6.07, 6.45) is 3.23.